The van der Waals surface area contributed by atoms with E-state index in [1.165, 1.54) is 6.42 Å². The Morgan fingerprint density at radius 2 is 1.76 bits per heavy atom. The van der Waals surface area contributed by atoms with Gasteiger partial charge in [-0.25, -0.2) is 9.97 Å². The van der Waals surface area contributed by atoms with Crippen molar-refractivity contribution in [2.75, 3.05) is 37.4 Å². The molecule has 0 saturated heterocycles. The minimum Gasteiger partial charge on any atom is -0.385 e. The molecule has 1 heterocycles. The fraction of sp³-hybridized carbons (Fsp3) is 0.667. The van der Waals surface area contributed by atoms with Crippen molar-refractivity contribution in [2.24, 2.45) is 0 Å². The van der Waals surface area contributed by atoms with Gasteiger partial charge in [0, 0.05) is 32.9 Å². The topological polar surface area (TPSA) is 59.1 Å². The number of hydrogen-bond acceptors (Lipinski definition) is 5. The molecule has 0 bridgehead atoms. The summed E-state index contributed by atoms with van der Waals surface area (Å²) in [7, 11) is 1.71. The summed E-state index contributed by atoms with van der Waals surface area (Å²) < 4.78 is 4.98. The average Bonchev–Trinajstić information content (AvgIpc) is 2.36. The fourth-order valence-corrected chi connectivity index (χ4v) is 1.38. The Balaban J connectivity index is 2.31. The highest BCUT2D eigenvalue weighted by Gasteiger charge is 1.97. The Morgan fingerprint density at radius 3 is 2.35 bits per heavy atom. The van der Waals surface area contributed by atoms with E-state index in [9.17, 15) is 0 Å². The quantitative estimate of drug-likeness (QED) is 0.645. The molecular formula is C12H22N4O. The molecular weight excluding hydrogens is 216 g/mol. The minimum atomic E-state index is 0.764. The molecule has 1 aromatic heterocycles. The standard InChI is InChI=1S/C12H22N4O/c1-3-4-6-13-11-9-12(16-10-15-11)14-7-5-8-17-2/h9-10H,3-8H2,1-2H3,(H2,13,14,15,16). The number of hydrogen-bond donors (Lipinski definition) is 2. The lowest BCUT2D eigenvalue weighted by Gasteiger charge is -2.07. The van der Waals surface area contributed by atoms with E-state index in [0.717, 1.165) is 44.2 Å². The third kappa shape index (κ3) is 6.06. The summed E-state index contributed by atoms with van der Waals surface area (Å²) in [4.78, 5) is 8.33. The Hall–Kier alpha value is -1.36. The van der Waals surface area contributed by atoms with Crippen LogP contribution in [0.4, 0.5) is 11.6 Å². The third-order valence-corrected chi connectivity index (χ3v) is 2.33. The van der Waals surface area contributed by atoms with Crippen molar-refractivity contribution >= 4 is 11.6 Å². The second-order valence-corrected chi connectivity index (χ2v) is 3.84. The van der Waals surface area contributed by atoms with Gasteiger partial charge in [0.15, 0.2) is 0 Å². The first-order chi connectivity index (χ1) is 8.36. The van der Waals surface area contributed by atoms with Crippen molar-refractivity contribution in [3.05, 3.63) is 12.4 Å². The van der Waals surface area contributed by atoms with Crippen LogP contribution < -0.4 is 10.6 Å². The summed E-state index contributed by atoms with van der Waals surface area (Å²) in [6.07, 6.45) is 4.88. The van der Waals surface area contributed by atoms with Gasteiger partial charge in [0.25, 0.3) is 0 Å². The van der Waals surface area contributed by atoms with E-state index in [0.29, 0.717) is 0 Å². The predicted molar refractivity (Wildman–Crippen MR) is 70.4 cm³/mol. The molecule has 1 rings (SSSR count). The summed E-state index contributed by atoms with van der Waals surface area (Å²) in [6.45, 7) is 4.75. The molecule has 0 atom stereocenters. The summed E-state index contributed by atoms with van der Waals surface area (Å²) in [5, 5.41) is 6.51. The van der Waals surface area contributed by atoms with Crippen LogP contribution in [0, 0.1) is 0 Å². The minimum absolute atomic E-state index is 0.764. The second kappa shape index (κ2) is 8.75. The molecule has 0 saturated carbocycles. The van der Waals surface area contributed by atoms with Gasteiger partial charge in [-0.15, -0.1) is 0 Å². The van der Waals surface area contributed by atoms with Crippen LogP contribution in [0.15, 0.2) is 12.4 Å². The number of aromatic nitrogens is 2. The van der Waals surface area contributed by atoms with E-state index in [4.69, 9.17) is 4.74 Å². The highest BCUT2D eigenvalue weighted by atomic mass is 16.5. The fourth-order valence-electron chi connectivity index (χ4n) is 1.38. The first kappa shape index (κ1) is 13.7. The van der Waals surface area contributed by atoms with E-state index in [1.807, 2.05) is 6.07 Å². The van der Waals surface area contributed by atoms with Gasteiger partial charge in [0.2, 0.25) is 0 Å². The van der Waals surface area contributed by atoms with Crippen molar-refractivity contribution < 1.29 is 4.74 Å². The van der Waals surface area contributed by atoms with Crippen molar-refractivity contribution in [3.63, 3.8) is 0 Å². The number of nitrogens with one attached hydrogen (secondary N) is 2. The van der Waals surface area contributed by atoms with Gasteiger partial charge < -0.3 is 15.4 Å². The van der Waals surface area contributed by atoms with Gasteiger partial charge in [-0.1, -0.05) is 13.3 Å². The molecule has 96 valence electrons. The van der Waals surface area contributed by atoms with E-state index in [2.05, 4.69) is 27.5 Å². The van der Waals surface area contributed by atoms with Gasteiger partial charge >= 0.3 is 0 Å². The lowest BCUT2D eigenvalue weighted by Crippen LogP contribution is -2.08. The van der Waals surface area contributed by atoms with Crippen LogP contribution in [-0.4, -0.2) is 36.8 Å². The number of nitrogens with zero attached hydrogens (tertiary/aromatic N) is 2. The van der Waals surface area contributed by atoms with E-state index < -0.39 is 0 Å². The van der Waals surface area contributed by atoms with Crippen molar-refractivity contribution in [3.8, 4) is 0 Å². The normalized spacial score (nSPS) is 10.2. The number of rotatable bonds is 9. The molecule has 2 N–H and O–H groups in total. The van der Waals surface area contributed by atoms with Gasteiger partial charge in [-0.3, -0.25) is 0 Å². The molecule has 5 heteroatoms. The van der Waals surface area contributed by atoms with Gasteiger partial charge in [0.1, 0.15) is 18.0 Å². The Kier molecular flexibility index (Phi) is 7.06. The van der Waals surface area contributed by atoms with Crippen LogP contribution in [0.5, 0.6) is 0 Å². The van der Waals surface area contributed by atoms with Crippen LogP contribution >= 0.6 is 0 Å². The first-order valence-corrected chi connectivity index (χ1v) is 6.15. The molecule has 0 unspecified atom stereocenters. The zero-order chi connectivity index (χ0) is 12.3. The summed E-state index contributed by atoms with van der Waals surface area (Å²) in [6, 6.07) is 1.93. The Bertz CT molecular complexity index is 306. The number of anilines is 2. The van der Waals surface area contributed by atoms with Crippen molar-refractivity contribution in [2.45, 2.75) is 26.2 Å². The van der Waals surface area contributed by atoms with Crippen LogP contribution in [0.25, 0.3) is 0 Å². The molecule has 0 aliphatic heterocycles. The first-order valence-electron chi connectivity index (χ1n) is 6.15. The maximum atomic E-state index is 4.98. The maximum Gasteiger partial charge on any atom is 0.131 e. The highest BCUT2D eigenvalue weighted by Crippen LogP contribution is 2.08. The summed E-state index contributed by atoms with van der Waals surface area (Å²) in [5.74, 6) is 1.73. The largest absolute Gasteiger partial charge is 0.385 e. The Labute approximate surface area is 103 Å². The number of methoxy groups -OCH3 is 1. The maximum absolute atomic E-state index is 4.98. The molecule has 17 heavy (non-hydrogen) atoms. The second-order valence-electron chi connectivity index (χ2n) is 3.84. The average molecular weight is 238 g/mol. The van der Waals surface area contributed by atoms with E-state index >= 15 is 0 Å². The predicted octanol–water partition coefficient (Wildman–Crippen LogP) is 2.14. The van der Waals surface area contributed by atoms with Crippen LogP contribution in [0.1, 0.15) is 26.2 Å². The zero-order valence-electron chi connectivity index (χ0n) is 10.7. The van der Waals surface area contributed by atoms with Crippen LogP contribution in [0.3, 0.4) is 0 Å². The molecule has 0 radical (unpaired) electrons. The smallest absolute Gasteiger partial charge is 0.131 e. The number of unbranched alkanes of at least 4 members (excludes halogenated alkanes) is 1. The van der Waals surface area contributed by atoms with Gasteiger partial charge in [0.05, 0.1) is 0 Å². The number of ether oxygens (including phenoxy) is 1. The molecule has 0 aromatic carbocycles. The third-order valence-electron chi connectivity index (χ3n) is 2.33. The van der Waals surface area contributed by atoms with E-state index in [1.54, 1.807) is 13.4 Å². The Morgan fingerprint density at radius 1 is 1.12 bits per heavy atom. The summed E-state index contributed by atoms with van der Waals surface area (Å²) in [5.41, 5.74) is 0. The van der Waals surface area contributed by atoms with Gasteiger partial charge in [-0.05, 0) is 12.8 Å². The summed E-state index contributed by atoms with van der Waals surface area (Å²) >= 11 is 0. The lowest BCUT2D eigenvalue weighted by atomic mass is 10.3. The molecule has 0 amide bonds. The van der Waals surface area contributed by atoms with Gasteiger partial charge in [-0.2, -0.15) is 0 Å². The van der Waals surface area contributed by atoms with Crippen LogP contribution in [-0.2, 0) is 4.74 Å². The van der Waals surface area contributed by atoms with Crippen molar-refractivity contribution in [1.29, 1.82) is 0 Å². The molecule has 1 aromatic rings. The van der Waals surface area contributed by atoms with Crippen LogP contribution in [0.2, 0.25) is 0 Å². The molecule has 0 aliphatic carbocycles. The van der Waals surface area contributed by atoms with Crippen molar-refractivity contribution in [1.82, 2.24) is 9.97 Å². The van der Waals surface area contributed by atoms with E-state index in [-0.39, 0.29) is 0 Å². The molecule has 0 fully saturated rings. The lowest BCUT2D eigenvalue weighted by molar-refractivity contribution is 0.198. The highest BCUT2D eigenvalue weighted by molar-refractivity contribution is 5.46. The zero-order valence-corrected chi connectivity index (χ0v) is 10.7. The molecule has 0 spiro atoms. The monoisotopic (exact) mass is 238 g/mol. The molecule has 5 nitrogen and oxygen atoms in total. The SMILES string of the molecule is CCCCNc1cc(NCCCOC)ncn1. The molecule has 0 aliphatic rings.